The topological polar surface area (TPSA) is 62.5 Å². The summed E-state index contributed by atoms with van der Waals surface area (Å²) < 4.78 is 2.64. The van der Waals surface area contributed by atoms with Crippen LogP contribution in [0.5, 0.6) is 0 Å². The minimum atomic E-state index is 0.138. The molecule has 3 atom stereocenters. The van der Waals surface area contributed by atoms with Crippen molar-refractivity contribution < 1.29 is 4.79 Å². The van der Waals surface area contributed by atoms with Crippen LogP contribution in [0.2, 0.25) is 5.02 Å². The second-order valence-electron chi connectivity index (χ2n) is 9.77. The number of carbonyl (C=O) groups excluding carboxylic acids is 1. The Kier molecular flexibility index (Phi) is 6.44. The van der Waals surface area contributed by atoms with E-state index in [1.165, 1.54) is 5.56 Å². The van der Waals surface area contributed by atoms with Gasteiger partial charge in [0.2, 0.25) is 5.91 Å². The molecule has 1 amide bonds. The van der Waals surface area contributed by atoms with Crippen molar-refractivity contribution >= 4 is 44.9 Å². The molecule has 2 fully saturated rings. The van der Waals surface area contributed by atoms with Crippen molar-refractivity contribution in [1.82, 2.24) is 19.5 Å². The van der Waals surface area contributed by atoms with Crippen molar-refractivity contribution in [2.45, 2.75) is 25.2 Å². The summed E-state index contributed by atoms with van der Waals surface area (Å²) >= 11 is 10.0. The molecule has 184 valence electrons. The van der Waals surface area contributed by atoms with Crippen LogP contribution in [0.15, 0.2) is 71.3 Å². The van der Waals surface area contributed by atoms with Crippen molar-refractivity contribution in [3.05, 3.63) is 81.9 Å². The molecule has 1 N–H and O–H groups in total. The Morgan fingerprint density at radius 1 is 1.14 bits per heavy atom. The summed E-state index contributed by atoms with van der Waals surface area (Å²) in [4.78, 5) is 20.1. The molecule has 1 aliphatic carbocycles. The van der Waals surface area contributed by atoms with Crippen molar-refractivity contribution in [1.29, 1.82) is 0 Å². The quantitative estimate of drug-likeness (QED) is 0.300. The molecule has 1 saturated heterocycles. The van der Waals surface area contributed by atoms with E-state index >= 15 is 0 Å². The monoisotopic (exact) mass is 563 g/mol. The van der Waals surface area contributed by atoms with E-state index < -0.39 is 0 Å². The molecule has 6 rings (SSSR count). The average Bonchev–Trinajstić information content (AvgIpc) is 3.64. The second kappa shape index (κ2) is 9.87. The number of hydrogen-bond donors (Lipinski definition) is 1. The number of benzene rings is 2. The van der Waals surface area contributed by atoms with Crippen molar-refractivity contribution in [3.8, 4) is 11.3 Å². The van der Waals surface area contributed by atoms with Gasteiger partial charge in [-0.1, -0.05) is 60.1 Å². The first-order chi connectivity index (χ1) is 17.6. The highest BCUT2D eigenvalue weighted by molar-refractivity contribution is 9.10. The third-order valence-electron chi connectivity index (χ3n) is 7.32. The zero-order chi connectivity index (χ0) is 24.6. The lowest BCUT2D eigenvalue weighted by Gasteiger charge is -2.33. The lowest BCUT2D eigenvalue weighted by atomic mass is 9.97. The number of anilines is 1. The van der Waals surface area contributed by atoms with E-state index in [1.54, 1.807) is 6.20 Å². The Labute approximate surface area is 223 Å². The zero-order valence-electron chi connectivity index (χ0n) is 19.8. The summed E-state index contributed by atoms with van der Waals surface area (Å²) in [7, 11) is 0. The van der Waals surface area contributed by atoms with Gasteiger partial charge in [-0.15, -0.1) is 0 Å². The molecular formula is C28H27BrClN5O. The van der Waals surface area contributed by atoms with E-state index in [4.69, 9.17) is 16.6 Å². The fourth-order valence-electron chi connectivity index (χ4n) is 5.32. The molecule has 3 heterocycles. The van der Waals surface area contributed by atoms with Gasteiger partial charge in [0.25, 0.3) is 0 Å². The Balaban J connectivity index is 1.16. The summed E-state index contributed by atoms with van der Waals surface area (Å²) in [6.07, 6.45) is 4.85. The minimum Gasteiger partial charge on any atom is -0.370 e. The van der Waals surface area contributed by atoms with Crippen LogP contribution in [0.25, 0.3) is 16.9 Å². The number of fused-ring (bicyclic) bond motifs is 1. The van der Waals surface area contributed by atoms with Gasteiger partial charge in [-0.25, -0.2) is 4.98 Å². The summed E-state index contributed by atoms with van der Waals surface area (Å²) in [5.41, 5.74) is 3.69. The highest BCUT2D eigenvalue weighted by atomic mass is 79.9. The number of halogens is 2. The molecule has 8 heteroatoms. The lowest BCUT2D eigenvalue weighted by Crippen LogP contribution is -2.42. The standard InChI is InChI=1S/C28H27BrClN5O/c29-23-16-32-35-26(14-25(33-27(23)35)20-10-4-5-11-24(20)30)31-15-18-7-6-12-34(17-18)28(36)22-13-21(22)19-8-2-1-3-9-19/h1-5,8-11,14,16,18,21-22,31H,6-7,12-13,15,17H2/t18?,21-,22+/m0/s1. The number of piperidine rings is 1. The molecule has 4 aromatic rings. The predicted molar refractivity (Wildman–Crippen MR) is 146 cm³/mol. The number of nitrogens with one attached hydrogen (secondary N) is 1. The maximum absolute atomic E-state index is 13.2. The van der Waals surface area contributed by atoms with Gasteiger partial charge in [0.05, 0.1) is 16.4 Å². The summed E-state index contributed by atoms with van der Waals surface area (Å²) in [5, 5.41) is 8.75. The molecule has 36 heavy (non-hydrogen) atoms. The van der Waals surface area contributed by atoms with Crippen LogP contribution in [0, 0.1) is 11.8 Å². The zero-order valence-corrected chi connectivity index (χ0v) is 22.1. The van der Waals surface area contributed by atoms with E-state index in [1.807, 2.05) is 40.9 Å². The molecule has 6 nitrogen and oxygen atoms in total. The van der Waals surface area contributed by atoms with Crippen LogP contribution in [-0.2, 0) is 4.79 Å². The van der Waals surface area contributed by atoms with Gasteiger partial charge in [0.1, 0.15) is 5.82 Å². The maximum atomic E-state index is 13.2. The van der Waals surface area contributed by atoms with E-state index in [2.05, 4.69) is 55.5 Å². The van der Waals surface area contributed by atoms with Crippen LogP contribution < -0.4 is 5.32 Å². The van der Waals surface area contributed by atoms with Crippen LogP contribution in [0.3, 0.4) is 0 Å². The highest BCUT2D eigenvalue weighted by Gasteiger charge is 2.46. The van der Waals surface area contributed by atoms with Gasteiger partial charge in [-0.3, -0.25) is 4.79 Å². The van der Waals surface area contributed by atoms with Crippen LogP contribution in [0.1, 0.15) is 30.7 Å². The van der Waals surface area contributed by atoms with Crippen molar-refractivity contribution in [3.63, 3.8) is 0 Å². The number of nitrogens with zero attached hydrogens (tertiary/aromatic N) is 4. The molecule has 0 bridgehead atoms. The molecular weight excluding hydrogens is 538 g/mol. The third-order valence-corrected chi connectivity index (χ3v) is 8.21. The fraction of sp³-hybridized carbons (Fsp3) is 0.321. The van der Waals surface area contributed by atoms with E-state index in [9.17, 15) is 4.79 Å². The molecule has 1 aliphatic heterocycles. The molecule has 0 spiro atoms. The Hall–Kier alpha value is -2.90. The average molecular weight is 565 g/mol. The number of hydrogen-bond acceptors (Lipinski definition) is 4. The van der Waals surface area contributed by atoms with E-state index in [0.717, 1.165) is 66.1 Å². The van der Waals surface area contributed by atoms with E-state index in [-0.39, 0.29) is 5.92 Å². The predicted octanol–water partition coefficient (Wildman–Crippen LogP) is 6.27. The van der Waals surface area contributed by atoms with Gasteiger partial charge >= 0.3 is 0 Å². The van der Waals surface area contributed by atoms with Gasteiger partial charge in [0, 0.05) is 42.2 Å². The summed E-state index contributed by atoms with van der Waals surface area (Å²) in [5.74, 6) is 2.07. The minimum absolute atomic E-state index is 0.138. The smallest absolute Gasteiger partial charge is 0.226 e. The number of likely N-dealkylation sites (tertiary alicyclic amines) is 1. The van der Waals surface area contributed by atoms with Gasteiger partial charge in [-0.2, -0.15) is 9.61 Å². The Morgan fingerprint density at radius 3 is 2.78 bits per heavy atom. The van der Waals surface area contributed by atoms with Crippen LogP contribution >= 0.6 is 27.5 Å². The molecule has 0 radical (unpaired) electrons. The largest absolute Gasteiger partial charge is 0.370 e. The fourth-order valence-corrected chi connectivity index (χ4v) is 5.90. The lowest BCUT2D eigenvalue weighted by molar-refractivity contribution is -0.134. The van der Waals surface area contributed by atoms with Gasteiger partial charge in [-0.05, 0) is 58.7 Å². The summed E-state index contributed by atoms with van der Waals surface area (Å²) in [6.45, 7) is 2.41. The molecule has 1 saturated carbocycles. The molecule has 2 aromatic heterocycles. The van der Waals surface area contributed by atoms with Crippen LogP contribution in [0.4, 0.5) is 5.82 Å². The molecule has 1 unspecified atom stereocenters. The van der Waals surface area contributed by atoms with Crippen LogP contribution in [-0.4, -0.2) is 45.0 Å². The highest BCUT2D eigenvalue weighted by Crippen LogP contribution is 2.48. The first-order valence-corrected chi connectivity index (χ1v) is 13.6. The summed E-state index contributed by atoms with van der Waals surface area (Å²) in [6, 6.07) is 20.1. The molecule has 2 aromatic carbocycles. The normalized spacial score (nSPS) is 21.5. The second-order valence-corrected chi connectivity index (χ2v) is 11.0. The number of carbonyl (C=O) groups is 1. The first-order valence-electron chi connectivity index (χ1n) is 12.5. The van der Waals surface area contributed by atoms with Crippen molar-refractivity contribution in [2.75, 3.05) is 25.0 Å². The maximum Gasteiger partial charge on any atom is 0.226 e. The number of aromatic nitrogens is 3. The number of rotatable bonds is 6. The first kappa shape index (κ1) is 23.5. The third kappa shape index (κ3) is 4.62. The Morgan fingerprint density at radius 2 is 1.94 bits per heavy atom. The van der Waals surface area contributed by atoms with Crippen molar-refractivity contribution in [2.24, 2.45) is 11.8 Å². The number of amides is 1. The van der Waals surface area contributed by atoms with E-state index in [0.29, 0.717) is 22.8 Å². The SMILES string of the molecule is O=C([C@@H]1C[C@H]1c1ccccc1)N1CCCC(CNc2cc(-c3ccccc3Cl)nc3c(Br)cnn23)C1. The molecule has 2 aliphatic rings. The van der Waals surface area contributed by atoms with Gasteiger partial charge < -0.3 is 10.2 Å². The Bertz CT molecular complexity index is 1410. The van der Waals surface area contributed by atoms with Gasteiger partial charge in [0.15, 0.2) is 5.65 Å².